The molecule has 0 aliphatic carbocycles. The molecule has 2 aromatic rings. The first kappa shape index (κ1) is 11.2. The molecule has 1 unspecified atom stereocenters. The molecule has 88 valence electrons. The van der Waals surface area contributed by atoms with Crippen LogP contribution in [0, 0.1) is 0 Å². The molecule has 2 rings (SSSR count). The lowest BCUT2D eigenvalue weighted by atomic mass is 9.76. The molecule has 2 nitrogen and oxygen atoms in total. The highest BCUT2D eigenvalue weighted by Crippen LogP contribution is 2.33. The number of benzene rings is 1. The van der Waals surface area contributed by atoms with E-state index >= 15 is 0 Å². The van der Waals surface area contributed by atoms with Crippen LogP contribution in [0.1, 0.15) is 47.0 Å². The van der Waals surface area contributed by atoms with Gasteiger partial charge in [0.2, 0.25) is 0 Å². The normalized spacial score (nSPS) is 15.2. The summed E-state index contributed by atoms with van der Waals surface area (Å²) in [5, 5.41) is 0. The van der Waals surface area contributed by atoms with Crippen LogP contribution in [0.3, 0.4) is 0 Å². The van der Waals surface area contributed by atoms with E-state index in [0.29, 0.717) is 5.41 Å². The molecule has 1 aromatic heterocycles. The fourth-order valence-electron chi connectivity index (χ4n) is 2.39. The zero-order chi connectivity index (χ0) is 11.6. The Hall–Kier alpha value is -1.31. The Kier molecular flexibility index (Phi) is 2.99. The van der Waals surface area contributed by atoms with Crippen molar-refractivity contribution in [3.63, 3.8) is 0 Å². The van der Waals surface area contributed by atoms with Gasteiger partial charge in [0, 0.05) is 1.43 Å². The Morgan fingerprint density at radius 3 is 2.88 bits per heavy atom. The molecule has 0 amide bonds. The lowest BCUT2D eigenvalue weighted by Gasteiger charge is -2.28. The van der Waals surface area contributed by atoms with E-state index in [9.17, 15) is 0 Å². The van der Waals surface area contributed by atoms with Crippen molar-refractivity contribution in [3.05, 3.63) is 30.1 Å². The molecule has 1 N–H and O–H groups in total. The first-order valence-electron chi connectivity index (χ1n) is 6.13. The number of hydrogen-bond acceptors (Lipinski definition) is 1. The predicted molar refractivity (Wildman–Crippen MR) is 70.8 cm³/mol. The van der Waals surface area contributed by atoms with E-state index in [0.717, 1.165) is 11.0 Å². The second-order valence-corrected chi connectivity index (χ2v) is 4.80. The van der Waals surface area contributed by atoms with E-state index in [1.165, 1.54) is 24.8 Å². The quantitative estimate of drug-likeness (QED) is 0.815. The number of nitrogens with one attached hydrogen (secondary N) is 1. The summed E-state index contributed by atoms with van der Waals surface area (Å²) in [6.07, 6.45) is 5.41. The number of imidazole rings is 1. The van der Waals surface area contributed by atoms with Crippen molar-refractivity contribution in [2.75, 3.05) is 0 Å². The third-order valence-corrected chi connectivity index (χ3v) is 3.70. The van der Waals surface area contributed by atoms with Crippen molar-refractivity contribution in [1.82, 2.24) is 9.97 Å². The lowest BCUT2D eigenvalue weighted by molar-refractivity contribution is 0.414. The van der Waals surface area contributed by atoms with Gasteiger partial charge in [-0.25, -0.2) is 4.98 Å². The largest absolute Gasteiger partial charge is 0.345 e. The smallest absolute Gasteiger partial charge is 0.0931 e. The Labute approximate surface area is 98.6 Å². The van der Waals surface area contributed by atoms with Gasteiger partial charge in [0.05, 0.1) is 17.4 Å². The van der Waals surface area contributed by atoms with Crippen LogP contribution in [0.5, 0.6) is 0 Å². The van der Waals surface area contributed by atoms with Gasteiger partial charge in [0.1, 0.15) is 0 Å². The van der Waals surface area contributed by atoms with Crippen molar-refractivity contribution in [3.8, 4) is 0 Å². The molecule has 0 fully saturated rings. The van der Waals surface area contributed by atoms with E-state index in [1.54, 1.807) is 6.33 Å². The fraction of sp³-hybridized carbons (Fsp3) is 0.500. The molecular weight excluding hydrogens is 196 g/mol. The van der Waals surface area contributed by atoms with Crippen LogP contribution >= 0.6 is 0 Å². The minimum Gasteiger partial charge on any atom is -0.345 e. The van der Waals surface area contributed by atoms with Crippen molar-refractivity contribution in [2.45, 2.75) is 45.4 Å². The number of H-pyrrole nitrogens is 1. The maximum Gasteiger partial charge on any atom is 0.0931 e. The molecule has 0 saturated carbocycles. The van der Waals surface area contributed by atoms with Gasteiger partial charge >= 0.3 is 0 Å². The molecule has 1 atom stereocenters. The van der Waals surface area contributed by atoms with Crippen molar-refractivity contribution < 1.29 is 1.43 Å². The highest BCUT2D eigenvalue weighted by molar-refractivity contribution is 5.75. The van der Waals surface area contributed by atoms with Crippen LogP contribution in [-0.4, -0.2) is 9.97 Å². The molecule has 0 saturated heterocycles. The van der Waals surface area contributed by atoms with Crippen molar-refractivity contribution in [1.29, 1.82) is 0 Å². The average molecular weight is 218 g/mol. The van der Waals surface area contributed by atoms with Gasteiger partial charge in [0.25, 0.3) is 0 Å². The average Bonchev–Trinajstić information content (AvgIpc) is 2.76. The maximum atomic E-state index is 4.26. The molecule has 0 aliphatic heterocycles. The van der Waals surface area contributed by atoms with Gasteiger partial charge in [-0.2, -0.15) is 0 Å². The van der Waals surface area contributed by atoms with E-state index in [4.69, 9.17) is 0 Å². The number of rotatable bonds is 4. The Balaban J connectivity index is 0.00000144. The minimum absolute atomic E-state index is 0. The molecule has 1 aromatic carbocycles. The zero-order valence-electron chi connectivity index (χ0n) is 10.4. The molecule has 1 heterocycles. The Morgan fingerprint density at radius 1 is 1.38 bits per heavy atom. The van der Waals surface area contributed by atoms with Gasteiger partial charge in [-0.05, 0) is 36.0 Å². The van der Waals surface area contributed by atoms with Gasteiger partial charge in [-0.1, -0.05) is 33.3 Å². The second kappa shape index (κ2) is 4.28. The van der Waals surface area contributed by atoms with Crippen LogP contribution in [0.4, 0.5) is 0 Å². The standard InChI is InChI=1S/C14H20N2.H2/c1-4-8-14(3,5-2)11-6-7-12-13(9-11)16-10-15-12;/h6-7,9-10H,4-5,8H2,1-3H3,(H,15,16);1H. The van der Waals surface area contributed by atoms with E-state index in [1.807, 2.05) is 0 Å². The monoisotopic (exact) mass is 218 g/mol. The summed E-state index contributed by atoms with van der Waals surface area (Å²) in [5.74, 6) is 0. The zero-order valence-corrected chi connectivity index (χ0v) is 10.4. The first-order valence-corrected chi connectivity index (χ1v) is 6.13. The SMILES string of the molecule is CCCC(C)(CC)c1ccc2nc[nH]c2c1.[HH]. The van der Waals surface area contributed by atoms with Crippen molar-refractivity contribution >= 4 is 11.0 Å². The van der Waals surface area contributed by atoms with E-state index < -0.39 is 0 Å². The van der Waals surface area contributed by atoms with Crippen LogP contribution in [0.25, 0.3) is 11.0 Å². The van der Waals surface area contributed by atoms with Gasteiger partial charge in [-0.15, -0.1) is 0 Å². The van der Waals surface area contributed by atoms with Crippen LogP contribution < -0.4 is 0 Å². The van der Waals surface area contributed by atoms with E-state index in [-0.39, 0.29) is 1.43 Å². The van der Waals surface area contributed by atoms with Crippen LogP contribution in [0.15, 0.2) is 24.5 Å². The summed E-state index contributed by atoms with van der Waals surface area (Å²) >= 11 is 0. The molecule has 0 spiro atoms. The van der Waals surface area contributed by atoms with Crippen molar-refractivity contribution in [2.24, 2.45) is 0 Å². The number of hydrogen-bond donors (Lipinski definition) is 1. The summed E-state index contributed by atoms with van der Waals surface area (Å²) < 4.78 is 0. The number of aromatic amines is 1. The Morgan fingerprint density at radius 2 is 2.19 bits per heavy atom. The summed E-state index contributed by atoms with van der Waals surface area (Å²) in [6, 6.07) is 6.59. The minimum atomic E-state index is 0. The van der Waals surface area contributed by atoms with Gasteiger partial charge < -0.3 is 4.98 Å². The molecule has 0 radical (unpaired) electrons. The van der Waals surface area contributed by atoms with Crippen LogP contribution in [-0.2, 0) is 5.41 Å². The second-order valence-electron chi connectivity index (χ2n) is 4.80. The third kappa shape index (κ3) is 1.84. The molecule has 16 heavy (non-hydrogen) atoms. The summed E-state index contributed by atoms with van der Waals surface area (Å²) in [4.78, 5) is 7.45. The molecular formula is C14H22N2. The highest BCUT2D eigenvalue weighted by atomic mass is 14.9. The number of nitrogens with zero attached hydrogens (tertiary/aromatic N) is 1. The molecule has 0 bridgehead atoms. The summed E-state index contributed by atoms with van der Waals surface area (Å²) in [6.45, 7) is 6.88. The topological polar surface area (TPSA) is 28.7 Å². The Bertz CT molecular complexity index is 478. The highest BCUT2D eigenvalue weighted by Gasteiger charge is 2.23. The molecule has 0 aliphatic rings. The fourth-order valence-corrected chi connectivity index (χ4v) is 2.39. The van der Waals surface area contributed by atoms with E-state index in [2.05, 4.69) is 48.9 Å². The predicted octanol–water partition coefficient (Wildman–Crippen LogP) is 4.28. The first-order chi connectivity index (χ1) is 7.69. The van der Waals surface area contributed by atoms with Gasteiger partial charge in [-0.3, -0.25) is 0 Å². The van der Waals surface area contributed by atoms with Crippen LogP contribution in [0.2, 0.25) is 0 Å². The van der Waals surface area contributed by atoms with Gasteiger partial charge in [0.15, 0.2) is 0 Å². The summed E-state index contributed by atoms with van der Waals surface area (Å²) in [7, 11) is 0. The number of fused-ring (bicyclic) bond motifs is 1. The number of aromatic nitrogens is 2. The third-order valence-electron chi connectivity index (χ3n) is 3.70. The maximum absolute atomic E-state index is 4.26. The summed E-state index contributed by atoms with van der Waals surface area (Å²) in [5.41, 5.74) is 3.93. The lowest BCUT2D eigenvalue weighted by Crippen LogP contribution is -2.20. The molecule has 2 heteroatoms.